The Hall–Kier alpha value is -1.14. The third-order valence-corrected chi connectivity index (χ3v) is 1.85. The number of thiol groups is 1. The molecule has 1 N–H and O–H groups in total. The van der Waals surface area contributed by atoms with Crippen LogP contribution in [0.15, 0.2) is 23.4 Å². The molecule has 0 radical (unpaired) electrons. The van der Waals surface area contributed by atoms with Crippen LogP contribution < -0.4 is 10.2 Å². The molecule has 1 heterocycles. The first kappa shape index (κ1) is 11.9. The van der Waals surface area contributed by atoms with Crippen molar-refractivity contribution in [3.8, 4) is 5.75 Å². The lowest BCUT2D eigenvalue weighted by Crippen LogP contribution is -2.12. The summed E-state index contributed by atoms with van der Waals surface area (Å²) in [6.07, 6.45) is 1.66. The summed E-state index contributed by atoms with van der Waals surface area (Å²) in [6, 6.07) is 3.57. The Morgan fingerprint density at radius 3 is 3.00 bits per heavy atom. The van der Waals surface area contributed by atoms with Gasteiger partial charge in [0.1, 0.15) is 5.75 Å². The number of thiocarbonyl (C=S) groups is 1. The summed E-state index contributed by atoms with van der Waals surface area (Å²) in [7, 11) is 1.60. The van der Waals surface area contributed by atoms with Gasteiger partial charge in [-0.2, -0.15) is 5.10 Å². The predicted octanol–water partition coefficient (Wildman–Crippen LogP) is 1.62. The molecular formula is C9H11N3OS2. The van der Waals surface area contributed by atoms with Crippen molar-refractivity contribution in [3.05, 3.63) is 24.0 Å². The molecule has 0 aromatic carbocycles. The number of rotatable bonds is 3. The van der Waals surface area contributed by atoms with E-state index in [-0.39, 0.29) is 0 Å². The normalized spacial score (nSPS) is 11.0. The van der Waals surface area contributed by atoms with Crippen molar-refractivity contribution >= 4 is 34.9 Å². The van der Waals surface area contributed by atoms with Gasteiger partial charge in [0.15, 0.2) is 4.32 Å². The highest BCUT2D eigenvalue weighted by molar-refractivity contribution is 8.11. The first-order valence-corrected chi connectivity index (χ1v) is 5.02. The molecule has 1 rings (SSSR count). The summed E-state index contributed by atoms with van der Waals surface area (Å²) in [5, 5.41) is 4.00. The second-order valence-electron chi connectivity index (χ2n) is 2.70. The summed E-state index contributed by atoms with van der Waals surface area (Å²) >= 11 is 8.61. The molecule has 0 spiro atoms. The van der Waals surface area contributed by atoms with Crippen LogP contribution >= 0.6 is 24.8 Å². The Bertz CT molecular complexity index is 393. The first-order chi connectivity index (χ1) is 7.13. The van der Waals surface area contributed by atoms with Gasteiger partial charge < -0.3 is 4.74 Å². The highest BCUT2D eigenvalue weighted by Crippen LogP contribution is 2.10. The number of hydrogen-bond donors (Lipinski definition) is 2. The van der Waals surface area contributed by atoms with Gasteiger partial charge in [-0.25, -0.2) is 0 Å². The molecule has 80 valence electrons. The van der Waals surface area contributed by atoms with Gasteiger partial charge in [-0.1, -0.05) is 12.2 Å². The fraction of sp³-hybridized carbons (Fsp3) is 0.222. The van der Waals surface area contributed by atoms with Crippen LogP contribution in [-0.2, 0) is 0 Å². The van der Waals surface area contributed by atoms with E-state index in [0.717, 1.165) is 11.4 Å². The Morgan fingerprint density at radius 1 is 1.67 bits per heavy atom. The Morgan fingerprint density at radius 2 is 2.40 bits per heavy atom. The van der Waals surface area contributed by atoms with Crippen molar-refractivity contribution in [1.82, 2.24) is 10.4 Å². The molecule has 0 aliphatic heterocycles. The summed E-state index contributed by atoms with van der Waals surface area (Å²) in [4.78, 5) is 4.15. The van der Waals surface area contributed by atoms with Crippen LogP contribution in [-0.4, -0.2) is 22.1 Å². The van der Waals surface area contributed by atoms with Crippen molar-refractivity contribution in [2.45, 2.75) is 6.92 Å². The highest BCUT2D eigenvalue weighted by Gasteiger charge is 2.00. The fourth-order valence-corrected chi connectivity index (χ4v) is 1.02. The van der Waals surface area contributed by atoms with Crippen LogP contribution in [0.2, 0.25) is 0 Å². The van der Waals surface area contributed by atoms with E-state index in [2.05, 4.69) is 28.1 Å². The first-order valence-electron chi connectivity index (χ1n) is 4.17. The number of hydrogen-bond acceptors (Lipinski definition) is 4. The number of hydrazone groups is 1. The number of pyridine rings is 1. The van der Waals surface area contributed by atoms with E-state index in [4.69, 9.17) is 17.0 Å². The van der Waals surface area contributed by atoms with E-state index < -0.39 is 0 Å². The summed E-state index contributed by atoms with van der Waals surface area (Å²) < 4.78 is 5.39. The van der Waals surface area contributed by atoms with Crippen molar-refractivity contribution in [2.24, 2.45) is 5.10 Å². The molecule has 0 aliphatic rings. The van der Waals surface area contributed by atoms with Gasteiger partial charge in [0.05, 0.1) is 18.5 Å². The average Bonchev–Trinajstić information content (AvgIpc) is 2.26. The van der Waals surface area contributed by atoms with E-state index >= 15 is 0 Å². The second-order valence-corrected chi connectivity index (χ2v) is 3.85. The summed E-state index contributed by atoms with van der Waals surface area (Å²) in [6.45, 7) is 1.82. The van der Waals surface area contributed by atoms with Gasteiger partial charge in [0.2, 0.25) is 0 Å². The minimum Gasteiger partial charge on any atom is -0.497 e. The van der Waals surface area contributed by atoms with Crippen molar-refractivity contribution < 1.29 is 4.74 Å². The average molecular weight is 241 g/mol. The van der Waals surface area contributed by atoms with Crippen molar-refractivity contribution in [2.75, 3.05) is 7.11 Å². The van der Waals surface area contributed by atoms with Crippen LogP contribution in [0.4, 0.5) is 0 Å². The lowest BCUT2D eigenvalue weighted by molar-refractivity contribution is 0.414. The molecule has 15 heavy (non-hydrogen) atoms. The van der Waals surface area contributed by atoms with E-state index in [9.17, 15) is 0 Å². The molecule has 1 aromatic heterocycles. The van der Waals surface area contributed by atoms with Crippen LogP contribution in [0, 0.1) is 0 Å². The molecule has 1 aromatic rings. The number of nitrogens with zero attached hydrogens (tertiary/aromatic N) is 2. The summed E-state index contributed by atoms with van der Waals surface area (Å²) in [5.74, 6) is 0.739. The topological polar surface area (TPSA) is 46.5 Å². The molecule has 4 nitrogen and oxygen atoms in total. The molecule has 0 atom stereocenters. The van der Waals surface area contributed by atoms with Crippen LogP contribution in [0.1, 0.15) is 12.6 Å². The Labute approximate surface area is 99.2 Å². The zero-order valence-corrected chi connectivity index (χ0v) is 10.1. The number of methoxy groups -OCH3 is 1. The van der Waals surface area contributed by atoms with E-state index in [1.165, 1.54) is 0 Å². The lowest BCUT2D eigenvalue weighted by Gasteiger charge is -2.03. The smallest absolute Gasteiger partial charge is 0.150 e. The van der Waals surface area contributed by atoms with Crippen LogP contribution in [0.5, 0.6) is 5.75 Å². The van der Waals surface area contributed by atoms with E-state index in [1.807, 2.05) is 6.92 Å². The Kier molecular flexibility index (Phi) is 4.51. The fourth-order valence-electron chi connectivity index (χ4n) is 0.925. The monoisotopic (exact) mass is 241 g/mol. The molecule has 0 fully saturated rings. The largest absolute Gasteiger partial charge is 0.497 e. The third kappa shape index (κ3) is 3.85. The predicted molar refractivity (Wildman–Crippen MR) is 67.7 cm³/mol. The van der Waals surface area contributed by atoms with E-state index in [0.29, 0.717) is 10.0 Å². The quantitative estimate of drug-likeness (QED) is 0.365. The van der Waals surface area contributed by atoms with E-state index in [1.54, 1.807) is 25.4 Å². The molecule has 0 aliphatic carbocycles. The van der Waals surface area contributed by atoms with Gasteiger partial charge in [0.25, 0.3) is 0 Å². The number of nitrogens with one attached hydrogen (secondary N) is 1. The maximum atomic E-state index is 5.07. The Balaban J connectivity index is 2.85. The van der Waals surface area contributed by atoms with Gasteiger partial charge in [0, 0.05) is 12.3 Å². The minimum absolute atomic E-state index is 0.317. The number of aromatic nitrogens is 1. The van der Waals surface area contributed by atoms with Crippen molar-refractivity contribution in [1.29, 1.82) is 0 Å². The van der Waals surface area contributed by atoms with Gasteiger partial charge in [-0.15, -0.1) is 12.6 Å². The maximum absolute atomic E-state index is 5.07. The molecule has 0 bridgehead atoms. The molecule has 0 unspecified atom stereocenters. The van der Waals surface area contributed by atoms with Crippen LogP contribution in [0.25, 0.3) is 0 Å². The molecule has 0 saturated heterocycles. The second kappa shape index (κ2) is 5.67. The van der Waals surface area contributed by atoms with Gasteiger partial charge in [-0.05, 0) is 13.0 Å². The standard InChI is InChI=1S/C9H11N3OS2/c1-6(11-12-9(14)15)8-5-7(13-2)3-4-10-8/h3-5H,1-2H3,(H2,12,14,15)/b11-6+. The molecule has 0 saturated carbocycles. The molecular weight excluding hydrogens is 230 g/mol. The van der Waals surface area contributed by atoms with Crippen molar-refractivity contribution in [3.63, 3.8) is 0 Å². The van der Waals surface area contributed by atoms with Gasteiger partial charge in [-0.3, -0.25) is 10.4 Å². The van der Waals surface area contributed by atoms with Gasteiger partial charge >= 0.3 is 0 Å². The zero-order chi connectivity index (χ0) is 11.3. The highest BCUT2D eigenvalue weighted by atomic mass is 32.1. The molecule has 6 heteroatoms. The zero-order valence-electron chi connectivity index (χ0n) is 8.39. The number of ether oxygens (including phenoxy) is 1. The lowest BCUT2D eigenvalue weighted by atomic mass is 10.2. The third-order valence-electron chi connectivity index (χ3n) is 1.66. The SMILES string of the molecule is COc1ccnc(/C(C)=N/NC(=S)S)c1. The molecule has 0 amide bonds. The summed E-state index contributed by atoms with van der Waals surface area (Å²) in [5.41, 5.74) is 4.03. The minimum atomic E-state index is 0.317. The maximum Gasteiger partial charge on any atom is 0.150 e. The van der Waals surface area contributed by atoms with Crippen LogP contribution in [0.3, 0.4) is 0 Å².